The molecule has 3 heterocycles. The Balaban J connectivity index is 1.63. The van der Waals surface area contributed by atoms with Crippen LogP contribution in [0, 0.1) is 11.8 Å². The Labute approximate surface area is 218 Å². The van der Waals surface area contributed by atoms with Gasteiger partial charge in [0.2, 0.25) is 5.91 Å². The number of pyridine rings is 1. The van der Waals surface area contributed by atoms with Gasteiger partial charge in [-0.25, -0.2) is 0 Å². The molecule has 2 aromatic rings. The van der Waals surface area contributed by atoms with Crippen molar-refractivity contribution in [2.75, 3.05) is 45.3 Å². The van der Waals surface area contributed by atoms with Crippen molar-refractivity contribution < 1.29 is 24.2 Å². The third-order valence-electron chi connectivity index (χ3n) is 7.23. The summed E-state index contributed by atoms with van der Waals surface area (Å²) in [6.45, 7) is 6.68. The molecule has 0 aliphatic carbocycles. The zero-order valence-electron chi connectivity index (χ0n) is 21.9. The number of aromatic nitrogens is 1. The molecule has 0 spiro atoms. The summed E-state index contributed by atoms with van der Waals surface area (Å²) in [5.74, 6) is -0.0768. The summed E-state index contributed by atoms with van der Waals surface area (Å²) in [5.41, 5.74) is 2.03. The van der Waals surface area contributed by atoms with Crippen molar-refractivity contribution in [2.45, 2.75) is 45.4 Å². The van der Waals surface area contributed by atoms with Crippen molar-refractivity contribution in [1.82, 2.24) is 14.8 Å². The minimum Gasteiger partial charge on any atom is -0.486 e. The van der Waals surface area contributed by atoms with E-state index in [1.807, 2.05) is 26.1 Å². The number of aliphatic hydroxyl groups excluding tert-OH is 1. The van der Waals surface area contributed by atoms with Gasteiger partial charge in [-0.05, 0) is 56.6 Å². The van der Waals surface area contributed by atoms with E-state index in [0.29, 0.717) is 56.1 Å². The van der Waals surface area contributed by atoms with Gasteiger partial charge in [-0.1, -0.05) is 13.0 Å². The van der Waals surface area contributed by atoms with Gasteiger partial charge in [-0.3, -0.25) is 19.5 Å². The number of carbonyl (C=O) groups is 2. The summed E-state index contributed by atoms with van der Waals surface area (Å²) < 4.78 is 12.0. The molecular formula is C28H38N4O5. The molecule has 9 nitrogen and oxygen atoms in total. The molecule has 1 aromatic heterocycles. The number of anilines is 1. The van der Waals surface area contributed by atoms with E-state index in [4.69, 9.17) is 9.47 Å². The van der Waals surface area contributed by atoms with E-state index in [-0.39, 0.29) is 42.4 Å². The number of aliphatic hydroxyl groups is 1. The average Bonchev–Trinajstić information content (AvgIpc) is 2.91. The first kappa shape index (κ1) is 27.0. The number of para-hydroxylation sites is 1. The quantitative estimate of drug-likeness (QED) is 0.563. The second-order valence-electron chi connectivity index (χ2n) is 10.2. The summed E-state index contributed by atoms with van der Waals surface area (Å²) in [7, 11) is 2.04. The number of amides is 2. The number of nitrogens with one attached hydrogen (secondary N) is 1. The number of carbonyl (C=O) groups excluding carboxylic acids is 2. The monoisotopic (exact) mass is 510 g/mol. The first-order chi connectivity index (χ1) is 17.9. The first-order valence-electron chi connectivity index (χ1n) is 13.0. The van der Waals surface area contributed by atoms with Crippen molar-refractivity contribution in [1.29, 1.82) is 0 Å². The predicted octanol–water partition coefficient (Wildman–Crippen LogP) is 2.80. The van der Waals surface area contributed by atoms with Crippen LogP contribution in [0.5, 0.6) is 5.75 Å². The molecule has 0 bridgehead atoms. The van der Waals surface area contributed by atoms with Gasteiger partial charge in [-0.15, -0.1) is 0 Å². The maximum atomic E-state index is 13.6. The van der Waals surface area contributed by atoms with Crippen LogP contribution in [0.1, 0.15) is 42.6 Å². The van der Waals surface area contributed by atoms with Gasteiger partial charge in [0.05, 0.1) is 23.9 Å². The van der Waals surface area contributed by atoms with Crippen LogP contribution in [0.25, 0.3) is 0 Å². The Morgan fingerprint density at radius 1 is 1.24 bits per heavy atom. The molecule has 1 fully saturated rings. The lowest BCUT2D eigenvalue weighted by Gasteiger charge is -2.38. The lowest BCUT2D eigenvalue weighted by molar-refractivity contribution is -0.122. The number of hydrogen-bond donors (Lipinski definition) is 2. The summed E-state index contributed by atoms with van der Waals surface area (Å²) in [6, 6.07) is 8.90. The number of ether oxygens (including phenoxy) is 2. The molecule has 3 atom stereocenters. The van der Waals surface area contributed by atoms with Gasteiger partial charge in [0.1, 0.15) is 6.10 Å². The molecule has 2 aliphatic heterocycles. The summed E-state index contributed by atoms with van der Waals surface area (Å²) in [5, 5.41) is 12.9. The molecule has 0 unspecified atom stereocenters. The summed E-state index contributed by atoms with van der Waals surface area (Å²) in [4.78, 5) is 34.7. The average molecular weight is 511 g/mol. The molecule has 2 N–H and O–H groups in total. The van der Waals surface area contributed by atoms with E-state index < -0.39 is 0 Å². The van der Waals surface area contributed by atoms with E-state index in [1.54, 1.807) is 35.5 Å². The number of rotatable bonds is 8. The number of likely N-dealkylation sites (N-methyl/N-ethyl adjacent to an activating group) is 1. The van der Waals surface area contributed by atoms with Gasteiger partial charge in [0.25, 0.3) is 5.91 Å². The van der Waals surface area contributed by atoms with E-state index >= 15 is 0 Å². The van der Waals surface area contributed by atoms with E-state index in [1.165, 1.54) is 0 Å². The lowest BCUT2D eigenvalue weighted by Crippen LogP contribution is -2.49. The molecule has 1 aromatic carbocycles. The Kier molecular flexibility index (Phi) is 9.13. The van der Waals surface area contributed by atoms with Crippen LogP contribution in [-0.4, -0.2) is 83.8 Å². The number of hydrogen-bond acceptors (Lipinski definition) is 7. The predicted molar refractivity (Wildman–Crippen MR) is 140 cm³/mol. The van der Waals surface area contributed by atoms with Crippen LogP contribution in [0.15, 0.2) is 42.7 Å². The fourth-order valence-electron chi connectivity index (χ4n) is 4.93. The largest absolute Gasteiger partial charge is 0.486 e. The van der Waals surface area contributed by atoms with Crippen LogP contribution in [0.3, 0.4) is 0 Å². The molecule has 200 valence electrons. The van der Waals surface area contributed by atoms with Crippen molar-refractivity contribution in [2.24, 2.45) is 11.8 Å². The third-order valence-corrected chi connectivity index (χ3v) is 7.23. The van der Waals surface area contributed by atoms with Gasteiger partial charge in [0, 0.05) is 57.1 Å². The normalized spacial score (nSPS) is 21.5. The highest BCUT2D eigenvalue weighted by molar-refractivity contribution is 6.02. The Morgan fingerprint density at radius 2 is 1.97 bits per heavy atom. The number of fused-ring (bicyclic) bond motifs is 1. The molecule has 0 saturated carbocycles. The van der Waals surface area contributed by atoms with Gasteiger partial charge in [0.15, 0.2) is 5.75 Å². The summed E-state index contributed by atoms with van der Waals surface area (Å²) in [6.07, 6.45) is 4.64. The highest BCUT2D eigenvalue weighted by Gasteiger charge is 2.35. The topological polar surface area (TPSA) is 104 Å². The summed E-state index contributed by atoms with van der Waals surface area (Å²) >= 11 is 0. The Bertz CT molecular complexity index is 1060. The minimum absolute atomic E-state index is 0.0229. The van der Waals surface area contributed by atoms with Crippen LogP contribution in [-0.2, 0) is 16.1 Å². The second kappa shape index (κ2) is 12.5. The van der Waals surface area contributed by atoms with Crippen molar-refractivity contribution in [3.8, 4) is 5.75 Å². The van der Waals surface area contributed by atoms with E-state index in [9.17, 15) is 14.7 Å². The second-order valence-corrected chi connectivity index (χ2v) is 10.2. The lowest BCUT2D eigenvalue weighted by atomic mass is 9.98. The van der Waals surface area contributed by atoms with Gasteiger partial charge < -0.3 is 24.8 Å². The van der Waals surface area contributed by atoms with Crippen LogP contribution in [0.4, 0.5) is 5.69 Å². The molecule has 1 saturated heterocycles. The third kappa shape index (κ3) is 6.66. The van der Waals surface area contributed by atoms with Crippen molar-refractivity contribution in [3.63, 3.8) is 0 Å². The Morgan fingerprint density at radius 3 is 2.68 bits per heavy atom. The molecule has 4 rings (SSSR count). The highest BCUT2D eigenvalue weighted by atomic mass is 16.5. The molecule has 9 heteroatoms. The molecule has 2 amide bonds. The van der Waals surface area contributed by atoms with Crippen LogP contribution in [0.2, 0.25) is 0 Å². The van der Waals surface area contributed by atoms with E-state index in [0.717, 1.165) is 12.1 Å². The zero-order chi connectivity index (χ0) is 26.4. The molecule has 2 aliphatic rings. The molecular weight excluding hydrogens is 472 g/mol. The highest BCUT2D eigenvalue weighted by Crippen LogP contribution is 2.35. The SMILES string of the molecule is C[C@H]1CN([C@@H](C)CO)C(=O)c2cccc(NC(=O)C3CCOCC3)c2O[C@H]1CN(C)Cc1ccncc1. The fraction of sp³-hybridized carbons (Fsp3) is 0.536. The maximum Gasteiger partial charge on any atom is 0.258 e. The van der Waals surface area contributed by atoms with Crippen molar-refractivity contribution >= 4 is 17.5 Å². The van der Waals surface area contributed by atoms with E-state index in [2.05, 4.69) is 22.1 Å². The van der Waals surface area contributed by atoms with Crippen LogP contribution >= 0.6 is 0 Å². The minimum atomic E-state index is -0.350. The smallest absolute Gasteiger partial charge is 0.258 e. The Hall–Kier alpha value is -3.01. The van der Waals surface area contributed by atoms with Gasteiger partial charge >= 0.3 is 0 Å². The molecule has 0 radical (unpaired) electrons. The number of nitrogens with zero attached hydrogens (tertiary/aromatic N) is 3. The van der Waals surface area contributed by atoms with Crippen molar-refractivity contribution in [3.05, 3.63) is 53.9 Å². The maximum absolute atomic E-state index is 13.6. The molecule has 37 heavy (non-hydrogen) atoms. The van der Waals surface area contributed by atoms with Gasteiger partial charge in [-0.2, -0.15) is 0 Å². The zero-order valence-corrected chi connectivity index (χ0v) is 21.9. The standard InChI is InChI=1S/C28H38N4O5/c1-19-15-32(20(2)18-33)28(35)23-5-4-6-24(30-27(34)22-9-13-36-14-10-22)26(23)37-25(19)17-31(3)16-21-7-11-29-12-8-21/h4-8,11-12,19-20,22,25,33H,9-10,13-18H2,1-3H3,(H,30,34)/t19-,20-,25-/m0/s1. The van der Waals surface area contributed by atoms with Crippen LogP contribution < -0.4 is 10.1 Å². The first-order valence-corrected chi connectivity index (χ1v) is 13.0. The number of benzene rings is 1. The fourth-order valence-corrected chi connectivity index (χ4v) is 4.93.